The van der Waals surface area contributed by atoms with Gasteiger partial charge in [0.25, 0.3) is 0 Å². The first kappa shape index (κ1) is 20.6. The number of aliphatic hydroxyl groups is 1. The molecule has 1 aliphatic rings. The maximum Gasteiger partial charge on any atom is 0.227 e. The molecule has 5 heteroatoms. The topological polar surface area (TPSA) is 70.8 Å². The van der Waals surface area contributed by atoms with Crippen LogP contribution in [0.3, 0.4) is 0 Å². The van der Waals surface area contributed by atoms with Crippen LogP contribution in [0.5, 0.6) is 0 Å². The number of aliphatic hydroxyl groups excluding tert-OH is 1. The van der Waals surface area contributed by atoms with E-state index in [1.54, 1.807) is 12.1 Å². The molecule has 1 heterocycles. The third kappa shape index (κ3) is 4.46. The van der Waals surface area contributed by atoms with E-state index in [9.17, 15) is 14.7 Å². The molecule has 1 aliphatic carbocycles. The second kappa shape index (κ2) is 8.08. The van der Waals surface area contributed by atoms with E-state index in [0.717, 1.165) is 30.5 Å². The van der Waals surface area contributed by atoms with Gasteiger partial charge in [0.05, 0.1) is 13.0 Å². The van der Waals surface area contributed by atoms with Crippen molar-refractivity contribution in [3.05, 3.63) is 35.1 Å². The molecule has 1 saturated carbocycles. The number of Topliss-reactive ketones (excluding diaryl/α,β-unsaturated/α-hetero) is 1. The van der Waals surface area contributed by atoms with E-state index < -0.39 is 5.41 Å². The first-order valence-electron chi connectivity index (χ1n) is 10.2. The van der Waals surface area contributed by atoms with Crippen molar-refractivity contribution in [1.29, 1.82) is 0 Å². The number of furan rings is 1. The minimum absolute atomic E-state index is 0.0359. The first-order chi connectivity index (χ1) is 13.2. The number of rotatable bonds is 8. The van der Waals surface area contributed by atoms with Crippen molar-refractivity contribution >= 4 is 22.7 Å². The number of ketones is 1. The van der Waals surface area contributed by atoms with E-state index in [4.69, 9.17) is 4.42 Å². The Balaban J connectivity index is 2.00. The van der Waals surface area contributed by atoms with Crippen molar-refractivity contribution < 1.29 is 19.1 Å². The summed E-state index contributed by atoms with van der Waals surface area (Å²) in [6, 6.07) is 5.37. The molecule has 1 amide bonds. The van der Waals surface area contributed by atoms with Crippen LogP contribution in [0.4, 0.5) is 0 Å². The van der Waals surface area contributed by atoms with Gasteiger partial charge < -0.3 is 14.4 Å². The molecule has 5 nitrogen and oxygen atoms in total. The number of carbonyl (C=O) groups is 2. The summed E-state index contributed by atoms with van der Waals surface area (Å²) in [4.78, 5) is 28.0. The quantitative estimate of drug-likeness (QED) is 0.686. The smallest absolute Gasteiger partial charge is 0.227 e. The molecule has 152 valence electrons. The van der Waals surface area contributed by atoms with Crippen molar-refractivity contribution in [3.63, 3.8) is 0 Å². The van der Waals surface area contributed by atoms with E-state index in [-0.39, 0.29) is 30.5 Å². The lowest BCUT2D eigenvalue weighted by Gasteiger charge is -2.22. The van der Waals surface area contributed by atoms with Crippen LogP contribution in [0, 0.1) is 11.3 Å². The molecule has 1 fully saturated rings. The lowest BCUT2D eigenvalue weighted by atomic mass is 9.87. The van der Waals surface area contributed by atoms with Crippen molar-refractivity contribution in [1.82, 2.24) is 4.90 Å². The van der Waals surface area contributed by atoms with Gasteiger partial charge in [0.15, 0.2) is 5.76 Å². The first-order valence-corrected chi connectivity index (χ1v) is 10.2. The molecule has 1 aromatic heterocycles. The molecule has 1 aromatic carbocycles. The fourth-order valence-corrected chi connectivity index (χ4v) is 3.46. The molecule has 0 unspecified atom stereocenters. The molecule has 0 spiro atoms. The fourth-order valence-electron chi connectivity index (χ4n) is 3.46. The Kier molecular flexibility index (Phi) is 5.94. The highest BCUT2D eigenvalue weighted by atomic mass is 16.3. The van der Waals surface area contributed by atoms with Gasteiger partial charge >= 0.3 is 0 Å². The molecule has 1 N–H and O–H groups in total. The molecular weight excluding hydrogens is 354 g/mol. The van der Waals surface area contributed by atoms with Crippen molar-refractivity contribution in [2.45, 2.75) is 60.0 Å². The maximum absolute atomic E-state index is 13.1. The number of nitrogens with zero attached hydrogens (tertiary/aromatic N) is 1. The third-order valence-electron chi connectivity index (χ3n) is 5.27. The minimum Gasteiger partial charge on any atom is -0.453 e. The lowest BCUT2D eigenvalue weighted by molar-refractivity contribution is -0.130. The monoisotopic (exact) mass is 385 g/mol. The van der Waals surface area contributed by atoms with Crippen molar-refractivity contribution in [2.24, 2.45) is 11.3 Å². The van der Waals surface area contributed by atoms with E-state index >= 15 is 0 Å². The Labute approximate surface area is 166 Å². The average Bonchev–Trinajstić information content (AvgIpc) is 3.40. The fraction of sp³-hybridized carbons (Fsp3) is 0.565. The number of benzene rings is 1. The molecule has 2 aromatic rings. The summed E-state index contributed by atoms with van der Waals surface area (Å²) in [5.41, 5.74) is 1.35. The zero-order chi connectivity index (χ0) is 20.5. The molecule has 0 bridgehead atoms. The standard InChI is InChI=1S/C23H31NO4/c1-5-10-24(13-15-6-7-15)20(26)12-18-17-11-16(14-25)8-9-19(17)28-21(18)22(27)23(2,3)4/h8-9,11,15,25H,5-7,10,12-14H2,1-4H3. The highest BCUT2D eigenvalue weighted by Crippen LogP contribution is 2.33. The van der Waals surface area contributed by atoms with E-state index in [0.29, 0.717) is 17.1 Å². The van der Waals surface area contributed by atoms with E-state index in [2.05, 4.69) is 6.92 Å². The van der Waals surface area contributed by atoms with Gasteiger partial charge in [0.1, 0.15) is 5.58 Å². The van der Waals surface area contributed by atoms with Crippen LogP contribution in [-0.2, 0) is 17.8 Å². The molecule has 28 heavy (non-hydrogen) atoms. The van der Waals surface area contributed by atoms with Crippen molar-refractivity contribution in [2.75, 3.05) is 13.1 Å². The van der Waals surface area contributed by atoms with Gasteiger partial charge in [0.2, 0.25) is 11.7 Å². The molecule has 0 atom stereocenters. The Morgan fingerprint density at radius 2 is 1.96 bits per heavy atom. The van der Waals surface area contributed by atoms with E-state index in [1.807, 2.05) is 31.7 Å². The van der Waals surface area contributed by atoms with Gasteiger partial charge in [-0.15, -0.1) is 0 Å². The number of hydrogen-bond donors (Lipinski definition) is 1. The van der Waals surface area contributed by atoms with Crippen LogP contribution in [0.2, 0.25) is 0 Å². The van der Waals surface area contributed by atoms with Gasteiger partial charge in [-0.2, -0.15) is 0 Å². The largest absolute Gasteiger partial charge is 0.453 e. The van der Waals surface area contributed by atoms with Crippen LogP contribution >= 0.6 is 0 Å². The zero-order valence-electron chi connectivity index (χ0n) is 17.4. The molecule has 0 aliphatic heterocycles. The summed E-state index contributed by atoms with van der Waals surface area (Å²) in [6.45, 7) is 9.06. The van der Waals surface area contributed by atoms with Gasteiger partial charge in [0, 0.05) is 29.5 Å². The molecule has 0 saturated heterocycles. The number of hydrogen-bond acceptors (Lipinski definition) is 4. The van der Waals surface area contributed by atoms with E-state index in [1.165, 1.54) is 12.8 Å². The highest BCUT2D eigenvalue weighted by Gasteiger charge is 2.32. The lowest BCUT2D eigenvalue weighted by Crippen LogP contribution is -2.35. The van der Waals surface area contributed by atoms with Crippen LogP contribution in [0.15, 0.2) is 22.6 Å². The highest BCUT2D eigenvalue weighted by molar-refractivity contribution is 6.04. The summed E-state index contributed by atoms with van der Waals surface area (Å²) >= 11 is 0. The molecule has 0 radical (unpaired) electrons. The van der Waals surface area contributed by atoms with Crippen molar-refractivity contribution in [3.8, 4) is 0 Å². The molecular formula is C23H31NO4. The van der Waals surface area contributed by atoms with Gasteiger partial charge in [-0.1, -0.05) is 33.8 Å². The van der Waals surface area contributed by atoms with Crippen LogP contribution < -0.4 is 0 Å². The predicted molar refractivity (Wildman–Crippen MR) is 109 cm³/mol. The van der Waals surface area contributed by atoms with Crippen LogP contribution in [-0.4, -0.2) is 34.8 Å². The average molecular weight is 386 g/mol. The van der Waals surface area contributed by atoms with Gasteiger partial charge in [-0.05, 0) is 42.9 Å². The number of fused-ring (bicyclic) bond motifs is 1. The molecule has 3 rings (SSSR count). The summed E-state index contributed by atoms with van der Waals surface area (Å²) in [5.74, 6) is 0.817. The second-order valence-corrected chi connectivity index (χ2v) is 8.94. The predicted octanol–water partition coefficient (Wildman–Crippen LogP) is 4.35. The Morgan fingerprint density at radius 1 is 1.25 bits per heavy atom. The van der Waals surface area contributed by atoms with Gasteiger partial charge in [-0.25, -0.2) is 0 Å². The number of amides is 1. The number of carbonyl (C=O) groups excluding carboxylic acids is 2. The Morgan fingerprint density at radius 3 is 2.54 bits per heavy atom. The maximum atomic E-state index is 13.1. The summed E-state index contributed by atoms with van der Waals surface area (Å²) in [7, 11) is 0. The van der Waals surface area contributed by atoms with Gasteiger partial charge in [-0.3, -0.25) is 9.59 Å². The zero-order valence-corrected chi connectivity index (χ0v) is 17.4. The second-order valence-electron chi connectivity index (χ2n) is 8.94. The Hall–Kier alpha value is -2.14. The third-order valence-corrected chi connectivity index (χ3v) is 5.27. The summed E-state index contributed by atoms with van der Waals surface area (Å²) in [6.07, 6.45) is 3.43. The summed E-state index contributed by atoms with van der Waals surface area (Å²) in [5, 5.41) is 10.3. The van der Waals surface area contributed by atoms with Crippen LogP contribution in [0.1, 0.15) is 68.6 Å². The normalized spacial score (nSPS) is 14.5. The SMILES string of the molecule is CCCN(CC1CC1)C(=O)Cc1c(C(=O)C(C)(C)C)oc2ccc(CO)cc12. The summed E-state index contributed by atoms with van der Waals surface area (Å²) < 4.78 is 5.92. The Bertz CT molecular complexity index is 871. The minimum atomic E-state index is -0.609. The van der Waals surface area contributed by atoms with Crippen LogP contribution in [0.25, 0.3) is 11.0 Å².